The maximum absolute atomic E-state index is 14.8. The molecule has 4 rings (SSSR count). The zero-order valence-corrected chi connectivity index (χ0v) is 17.7. The van der Waals surface area contributed by atoms with Crippen molar-refractivity contribution in [1.82, 2.24) is 0 Å². The molecule has 2 aliphatic rings. The first kappa shape index (κ1) is 21.2. The van der Waals surface area contributed by atoms with Crippen molar-refractivity contribution in [1.29, 1.82) is 0 Å². The average Bonchev–Trinajstić information content (AvgIpc) is 2.75. The highest BCUT2D eigenvalue weighted by atomic mass is 19.2. The Morgan fingerprint density at radius 3 is 2.40 bits per heavy atom. The van der Waals surface area contributed by atoms with Crippen LogP contribution >= 0.6 is 0 Å². The van der Waals surface area contributed by atoms with E-state index in [1.165, 1.54) is 44.6 Å². The van der Waals surface area contributed by atoms with E-state index in [-0.39, 0.29) is 5.82 Å². The Bertz CT molecular complexity index is 901. The lowest BCUT2D eigenvalue weighted by molar-refractivity contribution is 0.115. The van der Waals surface area contributed by atoms with E-state index in [0.29, 0.717) is 17.0 Å². The van der Waals surface area contributed by atoms with Gasteiger partial charge in [0.1, 0.15) is 5.82 Å². The Morgan fingerprint density at radius 1 is 0.833 bits per heavy atom. The first-order chi connectivity index (χ1) is 14.5. The van der Waals surface area contributed by atoms with Gasteiger partial charge in [-0.1, -0.05) is 36.8 Å². The second-order valence-electron chi connectivity index (χ2n) is 9.22. The molecule has 0 amide bonds. The van der Waals surface area contributed by atoms with E-state index in [1.807, 2.05) is 6.07 Å². The van der Waals surface area contributed by atoms with E-state index in [0.717, 1.165) is 48.3 Å². The molecule has 0 heterocycles. The minimum absolute atomic E-state index is 0.327. The van der Waals surface area contributed by atoms with Gasteiger partial charge in [-0.3, -0.25) is 0 Å². The van der Waals surface area contributed by atoms with Gasteiger partial charge in [-0.25, -0.2) is 13.2 Å². The Balaban J connectivity index is 1.41. The largest absolute Gasteiger partial charge is 0.206 e. The molecule has 0 spiro atoms. The van der Waals surface area contributed by atoms with E-state index in [2.05, 4.69) is 19.1 Å². The van der Waals surface area contributed by atoms with Crippen molar-refractivity contribution in [2.75, 3.05) is 0 Å². The maximum Gasteiger partial charge on any atom is 0.159 e. The lowest BCUT2D eigenvalue weighted by atomic mass is 9.63. The van der Waals surface area contributed by atoms with Gasteiger partial charge < -0.3 is 0 Å². The molecule has 4 unspecified atom stereocenters. The van der Waals surface area contributed by atoms with Crippen molar-refractivity contribution in [2.24, 2.45) is 17.8 Å². The lowest BCUT2D eigenvalue weighted by Crippen LogP contribution is -2.30. The van der Waals surface area contributed by atoms with Crippen molar-refractivity contribution in [3.05, 3.63) is 71.6 Å². The van der Waals surface area contributed by atoms with Crippen LogP contribution in [0.5, 0.6) is 0 Å². The third-order valence-electron chi connectivity index (χ3n) is 7.39. The summed E-state index contributed by atoms with van der Waals surface area (Å²) in [6.07, 6.45) is 14.4. The number of halogens is 3. The lowest BCUT2D eigenvalue weighted by Gasteiger charge is -2.42. The van der Waals surface area contributed by atoms with Crippen LogP contribution in [0.2, 0.25) is 0 Å². The van der Waals surface area contributed by atoms with Gasteiger partial charge >= 0.3 is 0 Å². The molecule has 2 aliphatic carbocycles. The quantitative estimate of drug-likeness (QED) is 0.432. The van der Waals surface area contributed by atoms with Crippen LogP contribution in [0, 0.1) is 35.2 Å². The van der Waals surface area contributed by atoms with E-state index in [9.17, 15) is 13.2 Å². The van der Waals surface area contributed by atoms with Crippen molar-refractivity contribution < 1.29 is 13.2 Å². The summed E-state index contributed by atoms with van der Waals surface area (Å²) in [5.41, 5.74) is 1.75. The van der Waals surface area contributed by atoms with E-state index in [4.69, 9.17) is 0 Å². The molecular weight excluding hydrogens is 381 g/mol. The number of fused-ring (bicyclic) bond motifs is 1. The standard InChI is InChI=1S/C27H31F3/c1-2-3-4-5-18-6-7-20-15-21(9-8-19(20)14-18)22-10-12-24(26(29)16-22)23-11-13-25(28)27(30)17-23/h2-3,10-13,16-21H,4-9,14-15H2,1H3/b3-2+. The Labute approximate surface area is 178 Å². The predicted octanol–water partition coefficient (Wildman–Crippen LogP) is 8.43. The normalized spacial score (nSPS) is 26.7. The molecule has 2 aromatic carbocycles. The molecular formula is C27H31F3. The number of hydrogen-bond donors (Lipinski definition) is 0. The summed E-state index contributed by atoms with van der Waals surface area (Å²) in [6.45, 7) is 2.09. The molecule has 0 saturated heterocycles. The summed E-state index contributed by atoms with van der Waals surface area (Å²) < 4.78 is 41.6. The molecule has 0 nitrogen and oxygen atoms in total. The molecule has 0 bridgehead atoms. The summed E-state index contributed by atoms with van der Waals surface area (Å²) in [4.78, 5) is 0. The van der Waals surface area contributed by atoms with Crippen LogP contribution in [0.3, 0.4) is 0 Å². The fourth-order valence-corrected chi connectivity index (χ4v) is 5.73. The SMILES string of the molecule is C/C=C/CCC1CCC2CC(c3ccc(-c4ccc(F)c(F)c4)c(F)c3)CCC2C1. The van der Waals surface area contributed by atoms with Crippen molar-refractivity contribution >= 4 is 0 Å². The minimum Gasteiger partial charge on any atom is -0.206 e. The fourth-order valence-electron chi connectivity index (χ4n) is 5.73. The minimum atomic E-state index is -0.949. The second-order valence-corrected chi connectivity index (χ2v) is 9.22. The van der Waals surface area contributed by atoms with Gasteiger partial charge in [0.25, 0.3) is 0 Å². The summed E-state index contributed by atoms with van der Waals surface area (Å²) in [5.74, 6) is 0.645. The Morgan fingerprint density at radius 2 is 1.63 bits per heavy atom. The molecule has 0 radical (unpaired) electrons. The fraction of sp³-hybridized carbons (Fsp3) is 0.481. The van der Waals surface area contributed by atoms with Gasteiger partial charge in [0, 0.05) is 5.56 Å². The molecule has 160 valence electrons. The summed E-state index contributed by atoms with van der Waals surface area (Å²) in [5, 5.41) is 0. The maximum atomic E-state index is 14.8. The highest BCUT2D eigenvalue weighted by Gasteiger charge is 2.35. The summed E-state index contributed by atoms with van der Waals surface area (Å²) in [6, 6.07) is 8.86. The van der Waals surface area contributed by atoms with Crippen molar-refractivity contribution in [2.45, 2.75) is 64.2 Å². The third-order valence-corrected chi connectivity index (χ3v) is 7.39. The molecule has 3 heteroatoms. The van der Waals surface area contributed by atoms with E-state index >= 15 is 0 Å². The van der Waals surface area contributed by atoms with E-state index < -0.39 is 11.6 Å². The van der Waals surface area contributed by atoms with Gasteiger partial charge in [0.05, 0.1) is 0 Å². The van der Waals surface area contributed by atoms with Crippen LogP contribution < -0.4 is 0 Å². The summed E-state index contributed by atoms with van der Waals surface area (Å²) in [7, 11) is 0. The second kappa shape index (κ2) is 9.41. The van der Waals surface area contributed by atoms with Gasteiger partial charge in [-0.2, -0.15) is 0 Å². The van der Waals surface area contributed by atoms with Crippen molar-refractivity contribution in [3.63, 3.8) is 0 Å². The number of hydrogen-bond acceptors (Lipinski definition) is 0. The molecule has 0 aliphatic heterocycles. The molecule has 0 N–H and O–H groups in total. The first-order valence-electron chi connectivity index (χ1n) is 11.4. The zero-order chi connectivity index (χ0) is 21.1. The van der Waals surface area contributed by atoms with Crippen LogP contribution in [0.1, 0.15) is 69.8 Å². The highest BCUT2D eigenvalue weighted by Crippen LogP contribution is 2.48. The van der Waals surface area contributed by atoms with E-state index in [1.54, 1.807) is 12.1 Å². The van der Waals surface area contributed by atoms with Gasteiger partial charge in [0.2, 0.25) is 0 Å². The number of allylic oxidation sites excluding steroid dienone is 2. The molecule has 2 saturated carbocycles. The number of rotatable bonds is 5. The third kappa shape index (κ3) is 4.66. The van der Waals surface area contributed by atoms with Gasteiger partial charge in [-0.15, -0.1) is 0 Å². The molecule has 30 heavy (non-hydrogen) atoms. The molecule has 2 aromatic rings. The van der Waals surface area contributed by atoms with Gasteiger partial charge in [-0.05, 0) is 105 Å². The topological polar surface area (TPSA) is 0 Å². The molecule has 4 atom stereocenters. The predicted molar refractivity (Wildman–Crippen MR) is 117 cm³/mol. The zero-order valence-electron chi connectivity index (χ0n) is 17.7. The van der Waals surface area contributed by atoms with Gasteiger partial charge in [0.15, 0.2) is 11.6 Å². The molecule has 0 aromatic heterocycles. The smallest absolute Gasteiger partial charge is 0.159 e. The monoisotopic (exact) mass is 412 g/mol. The highest BCUT2D eigenvalue weighted by molar-refractivity contribution is 5.64. The van der Waals surface area contributed by atoms with Crippen LogP contribution in [0.15, 0.2) is 48.6 Å². The van der Waals surface area contributed by atoms with Crippen molar-refractivity contribution in [3.8, 4) is 11.1 Å². The molecule has 2 fully saturated rings. The summed E-state index contributed by atoms with van der Waals surface area (Å²) >= 11 is 0. The van der Waals surface area contributed by atoms with Crippen LogP contribution in [0.25, 0.3) is 11.1 Å². The Kier molecular flexibility index (Phi) is 6.65. The average molecular weight is 413 g/mol. The Hall–Kier alpha value is -2.03. The first-order valence-corrected chi connectivity index (χ1v) is 11.4. The van der Waals surface area contributed by atoms with Crippen LogP contribution in [0.4, 0.5) is 13.2 Å². The van der Waals surface area contributed by atoms with Crippen LogP contribution in [-0.2, 0) is 0 Å². The van der Waals surface area contributed by atoms with Crippen LogP contribution in [-0.4, -0.2) is 0 Å². The number of benzene rings is 2.